The van der Waals surface area contributed by atoms with E-state index in [2.05, 4.69) is 48.4 Å². The second-order valence-corrected chi connectivity index (χ2v) is 6.71. The average Bonchev–Trinajstić information content (AvgIpc) is 2.49. The molecule has 0 spiro atoms. The van der Waals surface area contributed by atoms with E-state index in [9.17, 15) is 4.79 Å². The molecule has 0 aliphatic rings. The molecule has 0 aliphatic carbocycles. The monoisotopic (exact) mass is 300 g/mol. The van der Waals surface area contributed by atoms with Crippen LogP contribution in [0.3, 0.4) is 0 Å². The van der Waals surface area contributed by atoms with Gasteiger partial charge < -0.3 is 5.32 Å². The summed E-state index contributed by atoms with van der Waals surface area (Å²) in [6.45, 7) is 5.00. The lowest BCUT2D eigenvalue weighted by Crippen LogP contribution is -2.25. The molecular formula is C17H20N2OS. The Hall–Kier alpha value is -1.81. The molecule has 1 heterocycles. The van der Waals surface area contributed by atoms with Crippen LogP contribution in [-0.2, 0) is 6.42 Å². The summed E-state index contributed by atoms with van der Waals surface area (Å²) in [7, 11) is 0. The van der Waals surface area contributed by atoms with Crippen LogP contribution in [0.5, 0.6) is 0 Å². The number of benzene rings is 1. The van der Waals surface area contributed by atoms with E-state index in [4.69, 9.17) is 0 Å². The number of carbonyl (C=O) groups is 1. The molecule has 0 fully saturated rings. The fourth-order valence-electron chi connectivity index (χ4n) is 1.93. The number of carbonyl (C=O) groups excluding carboxylic acids is 1. The molecule has 21 heavy (non-hydrogen) atoms. The van der Waals surface area contributed by atoms with Crippen LogP contribution in [-0.4, -0.2) is 22.7 Å². The van der Waals surface area contributed by atoms with Crippen LogP contribution >= 0.6 is 11.8 Å². The van der Waals surface area contributed by atoms with Crippen molar-refractivity contribution < 1.29 is 4.79 Å². The maximum Gasteiger partial charge on any atom is 0.252 e. The van der Waals surface area contributed by atoms with E-state index in [-0.39, 0.29) is 5.91 Å². The van der Waals surface area contributed by atoms with Gasteiger partial charge in [-0.15, -0.1) is 11.8 Å². The summed E-state index contributed by atoms with van der Waals surface area (Å²) in [4.78, 5) is 17.1. The summed E-state index contributed by atoms with van der Waals surface area (Å²) in [5, 5.41) is 3.50. The van der Waals surface area contributed by atoms with Gasteiger partial charge in [0.2, 0.25) is 0 Å². The maximum atomic E-state index is 11.9. The summed E-state index contributed by atoms with van der Waals surface area (Å²) in [6, 6.07) is 12.1. The van der Waals surface area contributed by atoms with Gasteiger partial charge in [0.1, 0.15) is 0 Å². The smallest absolute Gasteiger partial charge is 0.252 e. The number of aromatic nitrogens is 1. The van der Waals surface area contributed by atoms with Gasteiger partial charge in [-0.25, -0.2) is 0 Å². The first-order valence-corrected chi connectivity index (χ1v) is 7.97. The zero-order valence-corrected chi connectivity index (χ0v) is 13.2. The van der Waals surface area contributed by atoms with Gasteiger partial charge in [-0.1, -0.05) is 26.0 Å². The molecule has 1 N–H and O–H groups in total. The van der Waals surface area contributed by atoms with Crippen LogP contribution < -0.4 is 5.32 Å². The van der Waals surface area contributed by atoms with Crippen molar-refractivity contribution in [1.82, 2.24) is 10.3 Å². The molecule has 1 aromatic heterocycles. The van der Waals surface area contributed by atoms with E-state index in [1.165, 1.54) is 10.5 Å². The number of hydrogen-bond donors (Lipinski definition) is 1. The summed E-state index contributed by atoms with van der Waals surface area (Å²) in [6.07, 6.45) is 4.07. The Morgan fingerprint density at radius 1 is 1.24 bits per heavy atom. The Balaban J connectivity index is 1.79. The van der Waals surface area contributed by atoms with Crippen molar-refractivity contribution in [3.8, 4) is 0 Å². The van der Waals surface area contributed by atoms with Gasteiger partial charge >= 0.3 is 0 Å². The molecule has 1 aromatic carbocycles. The summed E-state index contributed by atoms with van der Waals surface area (Å²) in [5.74, 6) is -0.0740. The van der Waals surface area contributed by atoms with Crippen molar-refractivity contribution in [2.24, 2.45) is 0 Å². The summed E-state index contributed by atoms with van der Waals surface area (Å²) >= 11 is 1.86. The zero-order chi connectivity index (χ0) is 15.1. The lowest BCUT2D eigenvalue weighted by atomic mass is 10.1. The lowest BCUT2D eigenvalue weighted by Gasteiger charge is -2.07. The number of hydrogen-bond acceptors (Lipinski definition) is 3. The third-order valence-electron chi connectivity index (χ3n) is 2.92. The number of nitrogens with zero attached hydrogens (tertiary/aromatic N) is 1. The molecule has 2 rings (SSSR count). The van der Waals surface area contributed by atoms with Crippen molar-refractivity contribution >= 4 is 17.7 Å². The summed E-state index contributed by atoms with van der Waals surface area (Å²) < 4.78 is 0. The van der Waals surface area contributed by atoms with Gasteiger partial charge in [-0.3, -0.25) is 9.78 Å². The minimum absolute atomic E-state index is 0.0740. The van der Waals surface area contributed by atoms with Crippen LogP contribution in [0.2, 0.25) is 0 Å². The van der Waals surface area contributed by atoms with Gasteiger partial charge in [-0.05, 0) is 36.2 Å². The molecule has 0 unspecified atom stereocenters. The molecule has 1 amide bonds. The highest BCUT2D eigenvalue weighted by Crippen LogP contribution is 2.22. The van der Waals surface area contributed by atoms with E-state index < -0.39 is 0 Å². The molecule has 2 aromatic rings. The zero-order valence-electron chi connectivity index (χ0n) is 12.4. The highest BCUT2D eigenvalue weighted by Gasteiger charge is 2.04. The molecule has 0 saturated heterocycles. The van der Waals surface area contributed by atoms with Crippen molar-refractivity contribution in [1.29, 1.82) is 0 Å². The topological polar surface area (TPSA) is 42.0 Å². The SMILES string of the molecule is CC(C)Sc1ccc(CCNC(=O)c2cccnc2)cc1. The second kappa shape index (κ2) is 7.84. The van der Waals surface area contributed by atoms with Gasteiger partial charge in [-0.2, -0.15) is 0 Å². The molecule has 4 heteroatoms. The first-order chi connectivity index (χ1) is 10.1. The Morgan fingerprint density at radius 3 is 2.62 bits per heavy atom. The Labute approximate surface area is 130 Å². The van der Waals surface area contributed by atoms with Crippen molar-refractivity contribution in [2.75, 3.05) is 6.54 Å². The van der Waals surface area contributed by atoms with Crippen molar-refractivity contribution in [3.05, 3.63) is 59.9 Å². The first-order valence-electron chi connectivity index (χ1n) is 7.09. The van der Waals surface area contributed by atoms with Crippen LogP contribution in [0.25, 0.3) is 0 Å². The first kappa shape index (κ1) is 15.6. The fraction of sp³-hybridized carbons (Fsp3) is 0.294. The van der Waals surface area contributed by atoms with Crippen molar-refractivity contribution in [3.63, 3.8) is 0 Å². The average molecular weight is 300 g/mol. The lowest BCUT2D eigenvalue weighted by molar-refractivity contribution is 0.0954. The molecule has 0 saturated carbocycles. The van der Waals surface area contributed by atoms with E-state index in [0.29, 0.717) is 17.4 Å². The molecular weight excluding hydrogens is 280 g/mol. The van der Waals surface area contributed by atoms with Gasteiger partial charge in [0.05, 0.1) is 5.56 Å². The molecule has 0 aliphatic heterocycles. The molecule has 110 valence electrons. The van der Waals surface area contributed by atoms with E-state index in [1.54, 1.807) is 24.5 Å². The highest BCUT2D eigenvalue weighted by molar-refractivity contribution is 7.99. The Morgan fingerprint density at radius 2 is 2.00 bits per heavy atom. The molecule has 0 radical (unpaired) electrons. The van der Waals surface area contributed by atoms with Crippen LogP contribution in [0.1, 0.15) is 29.8 Å². The minimum atomic E-state index is -0.0740. The number of amides is 1. The van der Waals surface area contributed by atoms with E-state index >= 15 is 0 Å². The van der Waals surface area contributed by atoms with Gasteiger partial charge in [0, 0.05) is 29.1 Å². The third-order valence-corrected chi connectivity index (χ3v) is 3.93. The largest absolute Gasteiger partial charge is 0.352 e. The van der Waals surface area contributed by atoms with E-state index in [1.807, 2.05) is 11.8 Å². The second-order valence-electron chi connectivity index (χ2n) is 5.06. The van der Waals surface area contributed by atoms with Crippen LogP contribution in [0.4, 0.5) is 0 Å². The number of thioether (sulfide) groups is 1. The van der Waals surface area contributed by atoms with Crippen LogP contribution in [0, 0.1) is 0 Å². The third kappa shape index (κ3) is 5.23. The molecule has 0 atom stereocenters. The number of nitrogens with one attached hydrogen (secondary N) is 1. The quantitative estimate of drug-likeness (QED) is 0.830. The van der Waals surface area contributed by atoms with Crippen LogP contribution in [0.15, 0.2) is 53.7 Å². The normalized spacial score (nSPS) is 10.6. The number of pyridine rings is 1. The molecule has 3 nitrogen and oxygen atoms in total. The Kier molecular flexibility index (Phi) is 5.81. The fourth-order valence-corrected chi connectivity index (χ4v) is 2.76. The standard InChI is InChI=1S/C17H20N2OS/c1-13(2)21-16-7-5-14(6-8-16)9-11-19-17(20)15-4-3-10-18-12-15/h3-8,10,12-13H,9,11H2,1-2H3,(H,19,20). The summed E-state index contributed by atoms with van der Waals surface area (Å²) in [5.41, 5.74) is 1.83. The predicted molar refractivity (Wildman–Crippen MR) is 87.7 cm³/mol. The highest BCUT2D eigenvalue weighted by atomic mass is 32.2. The predicted octanol–water partition coefficient (Wildman–Crippen LogP) is 3.55. The van der Waals surface area contributed by atoms with Gasteiger partial charge in [0.25, 0.3) is 5.91 Å². The van der Waals surface area contributed by atoms with Crippen molar-refractivity contribution in [2.45, 2.75) is 30.4 Å². The number of rotatable bonds is 6. The minimum Gasteiger partial charge on any atom is -0.352 e. The van der Waals surface area contributed by atoms with E-state index in [0.717, 1.165) is 6.42 Å². The van der Waals surface area contributed by atoms with Gasteiger partial charge in [0.15, 0.2) is 0 Å². The maximum absolute atomic E-state index is 11.9. The molecule has 0 bridgehead atoms. The Bertz CT molecular complexity index is 567.